The van der Waals surface area contributed by atoms with E-state index in [1.54, 1.807) is 14.2 Å². The molecule has 0 spiro atoms. The van der Waals surface area contributed by atoms with Gasteiger partial charge in [-0.05, 0) is 54.4 Å². The maximum atomic E-state index is 6.09. The molecule has 0 radical (unpaired) electrons. The summed E-state index contributed by atoms with van der Waals surface area (Å²) in [5.74, 6) is 2.58. The second-order valence-electron chi connectivity index (χ2n) is 8.52. The average molecular weight is 456 g/mol. The number of benzene rings is 3. The SMILES string of the molecule is COc1ccc(-c2ccc3nc(N)nc(N4CCN(c5ccc(C)cc5)CC4)c3c2)cc1OC. The number of nitrogens with two attached hydrogens (primary N) is 1. The number of nitrogen functional groups attached to an aromatic ring is 1. The zero-order valence-electron chi connectivity index (χ0n) is 19.8. The topological polar surface area (TPSA) is 76.7 Å². The Morgan fingerprint density at radius 1 is 0.735 bits per heavy atom. The molecule has 174 valence electrons. The Hall–Kier alpha value is -4.00. The number of aromatic nitrogens is 2. The number of rotatable bonds is 5. The summed E-state index contributed by atoms with van der Waals surface area (Å²) in [4.78, 5) is 13.9. The van der Waals surface area contributed by atoms with Crippen LogP contribution in [0.3, 0.4) is 0 Å². The molecule has 1 aliphatic heterocycles. The first kappa shape index (κ1) is 21.8. The van der Waals surface area contributed by atoms with Gasteiger partial charge in [0, 0.05) is 37.3 Å². The zero-order chi connectivity index (χ0) is 23.7. The highest BCUT2D eigenvalue weighted by atomic mass is 16.5. The standard InChI is InChI=1S/C27H29N5O2/c1-18-4-8-21(9-5-18)31-12-14-32(15-13-31)26-22-16-19(6-10-23(22)29-27(28)30-26)20-7-11-24(33-2)25(17-20)34-3/h4-11,16-17H,12-15H2,1-3H3,(H2,28,29,30). The van der Waals surface area contributed by atoms with Gasteiger partial charge in [0.2, 0.25) is 5.95 Å². The quantitative estimate of drug-likeness (QED) is 0.474. The number of piperazine rings is 1. The van der Waals surface area contributed by atoms with Gasteiger partial charge < -0.3 is 25.0 Å². The zero-order valence-corrected chi connectivity index (χ0v) is 19.8. The fourth-order valence-electron chi connectivity index (χ4n) is 4.50. The summed E-state index contributed by atoms with van der Waals surface area (Å²) in [5.41, 5.74) is 11.6. The number of hydrogen-bond acceptors (Lipinski definition) is 7. The molecule has 3 aromatic carbocycles. The van der Waals surface area contributed by atoms with Crippen LogP contribution in [-0.2, 0) is 0 Å². The number of methoxy groups -OCH3 is 2. The van der Waals surface area contributed by atoms with Gasteiger partial charge in [0.25, 0.3) is 0 Å². The number of hydrogen-bond donors (Lipinski definition) is 1. The molecule has 2 N–H and O–H groups in total. The van der Waals surface area contributed by atoms with Crippen molar-refractivity contribution in [3.8, 4) is 22.6 Å². The highest BCUT2D eigenvalue weighted by Crippen LogP contribution is 2.35. The molecular weight excluding hydrogens is 426 g/mol. The van der Waals surface area contributed by atoms with E-state index in [0.29, 0.717) is 17.4 Å². The van der Waals surface area contributed by atoms with Gasteiger partial charge in [0.1, 0.15) is 5.82 Å². The van der Waals surface area contributed by atoms with Crippen LogP contribution in [0.15, 0.2) is 60.7 Å². The summed E-state index contributed by atoms with van der Waals surface area (Å²) in [6.45, 7) is 5.68. The minimum Gasteiger partial charge on any atom is -0.493 e. The molecule has 34 heavy (non-hydrogen) atoms. The fraction of sp³-hybridized carbons (Fsp3) is 0.259. The molecule has 7 nitrogen and oxygen atoms in total. The molecule has 0 atom stereocenters. The first-order valence-corrected chi connectivity index (χ1v) is 11.4. The van der Waals surface area contributed by atoms with Gasteiger partial charge in [-0.15, -0.1) is 0 Å². The largest absolute Gasteiger partial charge is 0.493 e. The van der Waals surface area contributed by atoms with E-state index in [9.17, 15) is 0 Å². The molecule has 1 aliphatic rings. The van der Waals surface area contributed by atoms with Crippen LogP contribution in [0, 0.1) is 6.92 Å². The average Bonchev–Trinajstić information content (AvgIpc) is 2.88. The van der Waals surface area contributed by atoms with Crippen molar-refractivity contribution >= 4 is 28.4 Å². The van der Waals surface area contributed by atoms with E-state index in [1.807, 2.05) is 24.3 Å². The lowest BCUT2D eigenvalue weighted by Crippen LogP contribution is -2.47. The van der Waals surface area contributed by atoms with Crippen LogP contribution in [0.25, 0.3) is 22.0 Å². The van der Waals surface area contributed by atoms with Gasteiger partial charge in [-0.2, -0.15) is 4.98 Å². The molecule has 0 saturated carbocycles. The maximum Gasteiger partial charge on any atom is 0.222 e. The van der Waals surface area contributed by atoms with Gasteiger partial charge >= 0.3 is 0 Å². The third-order valence-electron chi connectivity index (χ3n) is 6.39. The Balaban J connectivity index is 1.46. The smallest absolute Gasteiger partial charge is 0.222 e. The lowest BCUT2D eigenvalue weighted by Gasteiger charge is -2.37. The lowest BCUT2D eigenvalue weighted by atomic mass is 10.0. The molecule has 1 aromatic heterocycles. The molecule has 5 rings (SSSR count). The van der Waals surface area contributed by atoms with Gasteiger partial charge in [-0.25, -0.2) is 4.98 Å². The van der Waals surface area contributed by atoms with Crippen LogP contribution in [0.1, 0.15) is 5.56 Å². The van der Waals surface area contributed by atoms with Crippen molar-refractivity contribution in [3.05, 3.63) is 66.2 Å². The Labute approximate surface area is 199 Å². The summed E-state index contributed by atoms with van der Waals surface area (Å²) in [6.07, 6.45) is 0. The number of nitrogens with zero attached hydrogens (tertiary/aromatic N) is 4. The molecule has 1 saturated heterocycles. The Kier molecular flexibility index (Phi) is 5.84. The Bertz CT molecular complexity index is 1310. The molecule has 0 unspecified atom stereocenters. The fourth-order valence-corrected chi connectivity index (χ4v) is 4.50. The molecule has 0 aliphatic carbocycles. The number of fused-ring (bicyclic) bond motifs is 1. The third-order valence-corrected chi connectivity index (χ3v) is 6.39. The summed E-state index contributed by atoms with van der Waals surface area (Å²) >= 11 is 0. The van der Waals surface area contributed by atoms with Crippen LogP contribution in [-0.4, -0.2) is 50.4 Å². The van der Waals surface area contributed by atoms with Crippen LogP contribution in [0.2, 0.25) is 0 Å². The monoisotopic (exact) mass is 455 g/mol. The molecule has 7 heteroatoms. The van der Waals surface area contributed by atoms with Crippen molar-refractivity contribution < 1.29 is 9.47 Å². The molecule has 0 amide bonds. The van der Waals surface area contributed by atoms with Crippen LogP contribution < -0.4 is 25.0 Å². The summed E-state index contributed by atoms with van der Waals surface area (Å²) in [5, 5.41) is 0.991. The van der Waals surface area contributed by atoms with Crippen LogP contribution in [0.5, 0.6) is 11.5 Å². The molecule has 1 fully saturated rings. The first-order chi connectivity index (χ1) is 16.6. The third kappa shape index (κ3) is 4.17. The molecule has 2 heterocycles. The number of anilines is 3. The van der Waals surface area contributed by atoms with E-state index < -0.39 is 0 Å². The minimum atomic E-state index is 0.294. The van der Waals surface area contributed by atoms with E-state index in [4.69, 9.17) is 15.2 Å². The highest BCUT2D eigenvalue weighted by Gasteiger charge is 2.21. The maximum absolute atomic E-state index is 6.09. The van der Waals surface area contributed by atoms with Gasteiger partial charge in [0.15, 0.2) is 11.5 Å². The second-order valence-corrected chi connectivity index (χ2v) is 8.52. The predicted octanol–water partition coefficient (Wildman–Crippen LogP) is 4.53. The van der Waals surface area contributed by atoms with Crippen LogP contribution >= 0.6 is 0 Å². The Morgan fingerprint density at radius 2 is 1.38 bits per heavy atom. The van der Waals surface area contributed by atoms with E-state index >= 15 is 0 Å². The van der Waals surface area contributed by atoms with Gasteiger partial charge in [-0.1, -0.05) is 29.8 Å². The van der Waals surface area contributed by atoms with Crippen molar-refractivity contribution in [3.63, 3.8) is 0 Å². The van der Waals surface area contributed by atoms with E-state index in [2.05, 4.69) is 63.1 Å². The molecule has 0 bridgehead atoms. The summed E-state index contributed by atoms with van der Waals surface area (Å²) in [7, 11) is 3.28. The summed E-state index contributed by atoms with van der Waals surface area (Å²) < 4.78 is 10.9. The highest BCUT2D eigenvalue weighted by molar-refractivity contribution is 5.94. The van der Waals surface area contributed by atoms with Crippen molar-refractivity contribution in [1.29, 1.82) is 0 Å². The summed E-state index contributed by atoms with van der Waals surface area (Å²) in [6, 6.07) is 20.8. The first-order valence-electron chi connectivity index (χ1n) is 11.4. The minimum absolute atomic E-state index is 0.294. The normalized spacial score (nSPS) is 13.9. The van der Waals surface area contributed by atoms with Crippen LogP contribution in [0.4, 0.5) is 17.5 Å². The number of ether oxygens (including phenoxy) is 2. The van der Waals surface area contributed by atoms with E-state index in [0.717, 1.165) is 54.0 Å². The van der Waals surface area contributed by atoms with E-state index in [-0.39, 0.29) is 0 Å². The van der Waals surface area contributed by atoms with Gasteiger partial charge in [0.05, 0.1) is 19.7 Å². The molecular formula is C27H29N5O2. The lowest BCUT2D eigenvalue weighted by molar-refractivity contribution is 0.355. The number of aryl methyl sites for hydroxylation is 1. The predicted molar refractivity (Wildman–Crippen MR) is 138 cm³/mol. The molecule has 4 aromatic rings. The van der Waals surface area contributed by atoms with E-state index in [1.165, 1.54) is 11.3 Å². The second kappa shape index (κ2) is 9.09. The van der Waals surface area contributed by atoms with Crippen molar-refractivity contribution in [1.82, 2.24) is 9.97 Å². The Morgan fingerprint density at radius 3 is 2.09 bits per heavy atom. The van der Waals surface area contributed by atoms with Crippen molar-refractivity contribution in [2.24, 2.45) is 0 Å². The van der Waals surface area contributed by atoms with Gasteiger partial charge in [-0.3, -0.25) is 0 Å². The van der Waals surface area contributed by atoms with Crippen molar-refractivity contribution in [2.75, 3.05) is 55.9 Å². The van der Waals surface area contributed by atoms with Crippen molar-refractivity contribution in [2.45, 2.75) is 6.92 Å².